The molecule has 0 aliphatic carbocycles. The van der Waals surface area contributed by atoms with E-state index in [9.17, 15) is 0 Å². The Bertz CT molecular complexity index is 338. The Morgan fingerprint density at radius 1 is 1.53 bits per heavy atom. The summed E-state index contributed by atoms with van der Waals surface area (Å²) < 4.78 is 5.78. The third-order valence-electron chi connectivity index (χ3n) is 2.79. The molecular formula is C12H17NO2. The quantitative estimate of drug-likeness (QED) is 0.769. The number of benzene rings is 1. The van der Waals surface area contributed by atoms with Crippen LogP contribution >= 0.6 is 0 Å². The predicted molar refractivity (Wildman–Crippen MR) is 58.7 cm³/mol. The lowest BCUT2D eigenvalue weighted by Gasteiger charge is -2.23. The molecule has 1 heterocycles. The molecule has 0 amide bonds. The van der Waals surface area contributed by atoms with Crippen LogP contribution in [0.1, 0.15) is 24.5 Å². The highest BCUT2D eigenvalue weighted by atomic mass is 16.6. The minimum Gasteiger partial charge on any atom is -0.490 e. The van der Waals surface area contributed by atoms with Crippen LogP contribution in [0, 0.1) is 0 Å². The van der Waals surface area contributed by atoms with E-state index in [0.29, 0.717) is 12.7 Å². The third kappa shape index (κ3) is 2.49. The Morgan fingerprint density at radius 3 is 3.20 bits per heavy atom. The molecule has 1 aliphatic heterocycles. The topological polar surface area (TPSA) is 44.5 Å². The number of fused-ring (bicyclic) bond motifs is 1. The van der Waals surface area contributed by atoms with Crippen LogP contribution in [0.15, 0.2) is 18.2 Å². The molecule has 0 aromatic heterocycles. The van der Waals surface area contributed by atoms with E-state index in [2.05, 4.69) is 30.0 Å². The first kappa shape index (κ1) is 10.5. The van der Waals surface area contributed by atoms with E-state index in [1.165, 1.54) is 11.1 Å². The molecule has 1 unspecified atom stereocenters. The van der Waals surface area contributed by atoms with E-state index in [1.54, 1.807) is 0 Å². The van der Waals surface area contributed by atoms with E-state index in [0.717, 1.165) is 25.0 Å². The Labute approximate surface area is 90.1 Å². The summed E-state index contributed by atoms with van der Waals surface area (Å²) in [6, 6.07) is 6.37. The molecule has 0 saturated carbocycles. The van der Waals surface area contributed by atoms with Crippen LogP contribution < -0.4 is 10.6 Å². The van der Waals surface area contributed by atoms with E-state index in [4.69, 9.17) is 10.6 Å². The van der Waals surface area contributed by atoms with Crippen molar-refractivity contribution in [3.63, 3.8) is 0 Å². The highest BCUT2D eigenvalue weighted by molar-refractivity contribution is 5.39. The van der Waals surface area contributed by atoms with Crippen molar-refractivity contribution in [2.24, 2.45) is 5.90 Å². The number of ether oxygens (including phenoxy) is 1. The van der Waals surface area contributed by atoms with Crippen molar-refractivity contribution in [1.82, 2.24) is 0 Å². The van der Waals surface area contributed by atoms with E-state index >= 15 is 0 Å². The van der Waals surface area contributed by atoms with Gasteiger partial charge in [-0.25, -0.2) is 5.90 Å². The number of hydrogen-bond acceptors (Lipinski definition) is 3. The van der Waals surface area contributed by atoms with Gasteiger partial charge in [0.25, 0.3) is 0 Å². The fraction of sp³-hybridized carbons (Fsp3) is 0.500. The van der Waals surface area contributed by atoms with E-state index in [1.807, 2.05) is 0 Å². The maximum Gasteiger partial charge on any atom is 0.123 e. The van der Waals surface area contributed by atoms with Gasteiger partial charge in [0, 0.05) is 0 Å². The monoisotopic (exact) mass is 207 g/mol. The van der Waals surface area contributed by atoms with Gasteiger partial charge in [0.15, 0.2) is 0 Å². The fourth-order valence-electron chi connectivity index (χ4n) is 1.88. The van der Waals surface area contributed by atoms with Crippen LogP contribution in [0.5, 0.6) is 5.75 Å². The number of rotatable bonds is 3. The van der Waals surface area contributed by atoms with Gasteiger partial charge < -0.3 is 9.57 Å². The molecule has 3 heteroatoms. The van der Waals surface area contributed by atoms with Gasteiger partial charge in [-0.1, -0.05) is 12.1 Å². The second kappa shape index (κ2) is 4.64. The van der Waals surface area contributed by atoms with Crippen molar-refractivity contribution in [1.29, 1.82) is 0 Å². The van der Waals surface area contributed by atoms with Gasteiger partial charge in [-0.15, -0.1) is 0 Å². The van der Waals surface area contributed by atoms with E-state index < -0.39 is 0 Å². The van der Waals surface area contributed by atoms with Crippen LogP contribution in [0.25, 0.3) is 0 Å². The van der Waals surface area contributed by atoms with Gasteiger partial charge >= 0.3 is 0 Å². The average Bonchev–Trinajstić information content (AvgIpc) is 2.25. The van der Waals surface area contributed by atoms with Crippen molar-refractivity contribution < 1.29 is 9.57 Å². The number of hydrogen-bond donors (Lipinski definition) is 1. The Kier molecular flexibility index (Phi) is 3.23. The van der Waals surface area contributed by atoms with Crippen molar-refractivity contribution >= 4 is 0 Å². The molecule has 82 valence electrons. The molecule has 0 saturated heterocycles. The van der Waals surface area contributed by atoms with Crippen molar-refractivity contribution in [2.45, 2.75) is 32.3 Å². The summed E-state index contributed by atoms with van der Waals surface area (Å²) in [4.78, 5) is 4.57. The number of nitrogens with two attached hydrogens (primary N) is 1. The van der Waals surface area contributed by atoms with Crippen molar-refractivity contribution in [3.8, 4) is 5.75 Å². The van der Waals surface area contributed by atoms with Gasteiger partial charge in [-0.3, -0.25) is 0 Å². The Morgan fingerprint density at radius 2 is 2.40 bits per heavy atom. The zero-order valence-corrected chi connectivity index (χ0v) is 9.03. The van der Waals surface area contributed by atoms with Crippen LogP contribution in [0.3, 0.4) is 0 Å². The lowest BCUT2D eigenvalue weighted by Crippen LogP contribution is -2.19. The summed E-state index contributed by atoms with van der Waals surface area (Å²) in [5, 5.41) is 0. The highest BCUT2D eigenvalue weighted by Crippen LogP contribution is 2.28. The molecule has 15 heavy (non-hydrogen) atoms. The maximum atomic E-state index is 5.78. The molecular weight excluding hydrogens is 190 g/mol. The zero-order chi connectivity index (χ0) is 10.7. The van der Waals surface area contributed by atoms with E-state index in [-0.39, 0.29) is 0 Å². The van der Waals surface area contributed by atoms with Gasteiger partial charge in [-0.2, -0.15) is 0 Å². The predicted octanol–water partition coefficient (Wildman–Crippen LogP) is 1.83. The summed E-state index contributed by atoms with van der Waals surface area (Å²) in [5.41, 5.74) is 2.53. The molecule has 1 aromatic carbocycles. The molecule has 3 nitrogen and oxygen atoms in total. The molecule has 0 radical (unpaired) electrons. The Balaban J connectivity index is 2.13. The van der Waals surface area contributed by atoms with Crippen molar-refractivity contribution in [2.75, 3.05) is 6.61 Å². The average molecular weight is 207 g/mol. The summed E-state index contributed by atoms with van der Waals surface area (Å²) in [6.45, 7) is 2.66. The van der Waals surface area contributed by atoms with Gasteiger partial charge in [0.05, 0.1) is 12.7 Å². The normalized spacial score (nSPS) is 19.5. The van der Waals surface area contributed by atoms with Crippen LogP contribution in [-0.2, 0) is 17.7 Å². The summed E-state index contributed by atoms with van der Waals surface area (Å²) >= 11 is 0. The summed E-state index contributed by atoms with van der Waals surface area (Å²) in [6.07, 6.45) is 3.39. The zero-order valence-electron chi connectivity index (χ0n) is 9.03. The molecule has 1 aliphatic rings. The summed E-state index contributed by atoms with van der Waals surface area (Å²) in [5.74, 6) is 6.04. The lowest BCUT2D eigenvalue weighted by atomic mass is 10.0. The standard InChI is InChI=1S/C12H17NO2/c1-9-2-4-11-5-3-10(6-7-14-13)8-12(11)15-9/h3,5,8-9H,2,4,6-7,13H2,1H3. The molecule has 1 atom stereocenters. The first-order chi connectivity index (χ1) is 7.29. The second-order valence-electron chi connectivity index (χ2n) is 4.03. The molecule has 0 fully saturated rings. The van der Waals surface area contributed by atoms with Crippen LogP contribution in [0.2, 0.25) is 0 Å². The second-order valence-corrected chi connectivity index (χ2v) is 4.03. The summed E-state index contributed by atoms with van der Waals surface area (Å²) in [7, 11) is 0. The molecule has 2 rings (SSSR count). The molecule has 0 spiro atoms. The van der Waals surface area contributed by atoms with Crippen LogP contribution in [-0.4, -0.2) is 12.7 Å². The lowest BCUT2D eigenvalue weighted by molar-refractivity contribution is 0.141. The van der Waals surface area contributed by atoms with Gasteiger partial charge in [0.2, 0.25) is 0 Å². The fourth-order valence-corrected chi connectivity index (χ4v) is 1.88. The highest BCUT2D eigenvalue weighted by Gasteiger charge is 2.15. The minimum atomic E-state index is 0.332. The van der Waals surface area contributed by atoms with Crippen molar-refractivity contribution in [3.05, 3.63) is 29.3 Å². The maximum absolute atomic E-state index is 5.78. The largest absolute Gasteiger partial charge is 0.490 e. The third-order valence-corrected chi connectivity index (χ3v) is 2.79. The first-order valence-corrected chi connectivity index (χ1v) is 5.39. The van der Waals surface area contributed by atoms with Gasteiger partial charge in [0.1, 0.15) is 5.75 Å². The molecule has 1 aromatic rings. The smallest absolute Gasteiger partial charge is 0.123 e. The molecule has 2 N–H and O–H groups in total. The van der Waals surface area contributed by atoms with Crippen LogP contribution in [0.4, 0.5) is 0 Å². The minimum absolute atomic E-state index is 0.332. The molecule has 0 bridgehead atoms. The van der Waals surface area contributed by atoms with Gasteiger partial charge in [-0.05, 0) is 43.4 Å². The first-order valence-electron chi connectivity index (χ1n) is 5.39. The Hall–Kier alpha value is -1.06. The SMILES string of the molecule is CC1CCc2ccc(CCON)cc2O1. The number of aryl methyl sites for hydroxylation is 1.